The van der Waals surface area contributed by atoms with Crippen molar-refractivity contribution in [1.29, 1.82) is 0 Å². The van der Waals surface area contributed by atoms with Gasteiger partial charge in [-0.1, -0.05) is 36.4 Å². The highest BCUT2D eigenvalue weighted by Gasteiger charge is 2.07. The van der Waals surface area contributed by atoms with Crippen molar-refractivity contribution in [3.63, 3.8) is 0 Å². The number of esters is 1. The fourth-order valence-electron chi connectivity index (χ4n) is 2.41. The van der Waals surface area contributed by atoms with Gasteiger partial charge in [0.05, 0.1) is 12.7 Å². The number of benzene rings is 3. The number of hydrogen-bond donors (Lipinski definition) is 0. The maximum absolute atomic E-state index is 12.2. The van der Waals surface area contributed by atoms with Crippen LogP contribution in [0.25, 0.3) is 6.08 Å². The van der Waals surface area contributed by atoms with Crippen LogP contribution in [0.2, 0.25) is 0 Å². The molecule has 4 heteroatoms. The minimum absolute atomic E-state index is 0.0998. The molecule has 3 rings (SSSR count). The fraction of sp³-hybridized carbons (Fsp3) is 0.0435. The van der Waals surface area contributed by atoms with Gasteiger partial charge < -0.3 is 9.47 Å². The molecule has 0 aliphatic heterocycles. The standard InChI is InChI=1S/C23H18O4/c1-26-20-14-10-18(11-15-20)22(24)16-9-17-7-12-21(13-8-17)27-23(25)19-5-3-2-4-6-19/h2-16H,1H3/b16-9+. The van der Waals surface area contributed by atoms with Crippen LogP contribution in [0.3, 0.4) is 0 Å². The van der Waals surface area contributed by atoms with E-state index in [1.807, 2.05) is 6.07 Å². The molecule has 0 spiro atoms. The van der Waals surface area contributed by atoms with E-state index in [2.05, 4.69) is 0 Å². The third-order valence-corrected chi connectivity index (χ3v) is 3.90. The second kappa shape index (κ2) is 8.63. The van der Waals surface area contributed by atoms with E-state index in [0.717, 1.165) is 5.56 Å². The molecule has 3 aromatic rings. The van der Waals surface area contributed by atoms with Crippen LogP contribution in [0, 0.1) is 0 Å². The summed E-state index contributed by atoms with van der Waals surface area (Å²) < 4.78 is 10.4. The molecule has 0 aromatic heterocycles. The summed E-state index contributed by atoms with van der Waals surface area (Å²) in [7, 11) is 1.58. The first-order valence-electron chi connectivity index (χ1n) is 8.39. The Morgan fingerprint density at radius 3 is 2.00 bits per heavy atom. The average Bonchev–Trinajstić information content (AvgIpc) is 2.73. The third-order valence-electron chi connectivity index (χ3n) is 3.90. The van der Waals surface area contributed by atoms with E-state index in [0.29, 0.717) is 22.6 Å². The molecule has 0 aliphatic carbocycles. The van der Waals surface area contributed by atoms with Crippen LogP contribution in [0.1, 0.15) is 26.3 Å². The van der Waals surface area contributed by atoms with Gasteiger partial charge in [0.25, 0.3) is 0 Å². The Morgan fingerprint density at radius 2 is 1.37 bits per heavy atom. The number of ketones is 1. The Hall–Kier alpha value is -3.66. The molecule has 0 N–H and O–H groups in total. The zero-order valence-electron chi connectivity index (χ0n) is 14.8. The summed E-state index contributed by atoms with van der Waals surface area (Å²) in [6.45, 7) is 0. The Balaban J connectivity index is 1.62. The predicted octanol–water partition coefficient (Wildman–Crippen LogP) is 4.81. The molecule has 4 nitrogen and oxygen atoms in total. The van der Waals surface area contributed by atoms with Crippen LogP contribution in [0.4, 0.5) is 0 Å². The van der Waals surface area contributed by atoms with Crippen molar-refractivity contribution in [2.45, 2.75) is 0 Å². The minimum atomic E-state index is -0.409. The fourth-order valence-corrected chi connectivity index (χ4v) is 2.41. The van der Waals surface area contributed by atoms with E-state index in [9.17, 15) is 9.59 Å². The zero-order valence-corrected chi connectivity index (χ0v) is 14.8. The lowest BCUT2D eigenvalue weighted by Crippen LogP contribution is -2.07. The molecule has 0 saturated heterocycles. The van der Waals surface area contributed by atoms with E-state index in [1.165, 1.54) is 6.08 Å². The quantitative estimate of drug-likeness (QED) is 0.275. The normalized spacial score (nSPS) is 10.6. The van der Waals surface area contributed by atoms with Crippen molar-refractivity contribution >= 4 is 17.8 Å². The van der Waals surface area contributed by atoms with Crippen LogP contribution >= 0.6 is 0 Å². The molecule has 3 aromatic carbocycles. The highest BCUT2D eigenvalue weighted by molar-refractivity contribution is 6.06. The van der Waals surface area contributed by atoms with Crippen molar-refractivity contribution < 1.29 is 19.1 Å². The van der Waals surface area contributed by atoms with Crippen LogP contribution in [-0.2, 0) is 0 Å². The number of hydrogen-bond acceptors (Lipinski definition) is 4. The van der Waals surface area contributed by atoms with Crippen LogP contribution in [0.5, 0.6) is 11.5 Å². The van der Waals surface area contributed by atoms with Gasteiger partial charge in [0, 0.05) is 5.56 Å². The first-order valence-corrected chi connectivity index (χ1v) is 8.39. The lowest BCUT2D eigenvalue weighted by molar-refractivity contribution is 0.0734. The Bertz CT molecular complexity index is 940. The van der Waals surface area contributed by atoms with Gasteiger partial charge in [0.15, 0.2) is 5.78 Å². The number of carbonyl (C=O) groups is 2. The summed E-state index contributed by atoms with van der Waals surface area (Å²) in [5, 5.41) is 0. The van der Waals surface area contributed by atoms with Crippen molar-refractivity contribution in [3.8, 4) is 11.5 Å². The van der Waals surface area contributed by atoms with Crippen molar-refractivity contribution in [2.24, 2.45) is 0 Å². The molecule has 0 radical (unpaired) electrons. The van der Waals surface area contributed by atoms with Gasteiger partial charge in [0.1, 0.15) is 11.5 Å². The van der Waals surface area contributed by atoms with Gasteiger partial charge >= 0.3 is 5.97 Å². The second-order valence-electron chi connectivity index (χ2n) is 5.75. The number of allylic oxidation sites excluding steroid dienone is 1. The first-order chi connectivity index (χ1) is 13.2. The molecular formula is C23H18O4. The molecule has 0 amide bonds. The van der Waals surface area contributed by atoms with E-state index in [4.69, 9.17) is 9.47 Å². The van der Waals surface area contributed by atoms with Gasteiger partial charge in [-0.15, -0.1) is 0 Å². The summed E-state index contributed by atoms with van der Waals surface area (Å²) in [4.78, 5) is 24.2. The molecule has 0 saturated carbocycles. The first kappa shape index (κ1) is 18.1. The minimum Gasteiger partial charge on any atom is -0.497 e. The number of methoxy groups -OCH3 is 1. The molecule has 27 heavy (non-hydrogen) atoms. The summed E-state index contributed by atoms with van der Waals surface area (Å²) in [5.41, 5.74) is 1.91. The predicted molar refractivity (Wildman–Crippen MR) is 104 cm³/mol. The zero-order chi connectivity index (χ0) is 19.1. The molecule has 134 valence electrons. The maximum atomic E-state index is 12.2. The van der Waals surface area contributed by atoms with Crippen LogP contribution < -0.4 is 9.47 Å². The smallest absolute Gasteiger partial charge is 0.343 e. The molecule has 0 unspecified atom stereocenters. The van der Waals surface area contributed by atoms with E-state index in [-0.39, 0.29) is 5.78 Å². The second-order valence-corrected chi connectivity index (χ2v) is 5.75. The molecule has 0 bridgehead atoms. The van der Waals surface area contributed by atoms with Crippen LogP contribution in [-0.4, -0.2) is 18.9 Å². The third kappa shape index (κ3) is 4.92. The van der Waals surface area contributed by atoms with Gasteiger partial charge in [-0.05, 0) is 60.2 Å². The molecule has 0 heterocycles. The molecule has 0 atom stereocenters. The van der Waals surface area contributed by atoms with E-state index in [1.54, 1.807) is 86.0 Å². The summed E-state index contributed by atoms with van der Waals surface area (Å²) in [6, 6.07) is 22.7. The van der Waals surface area contributed by atoms with Crippen molar-refractivity contribution in [3.05, 3.63) is 102 Å². The van der Waals surface area contributed by atoms with Gasteiger partial charge in [-0.3, -0.25) is 4.79 Å². The number of rotatable bonds is 6. The Kier molecular flexibility index (Phi) is 5.80. The van der Waals surface area contributed by atoms with E-state index >= 15 is 0 Å². The van der Waals surface area contributed by atoms with Crippen molar-refractivity contribution in [2.75, 3.05) is 7.11 Å². The highest BCUT2D eigenvalue weighted by Crippen LogP contribution is 2.16. The topological polar surface area (TPSA) is 52.6 Å². The SMILES string of the molecule is COc1ccc(C(=O)/C=C/c2ccc(OC(=O)c3ccccc3)cc2)cc1. The number of carbonyl (C=O) groups excluding carboxylic acids is 2. The Labute approximate surface area is 157 Å². The van der Waals surface area contributed by atoms with Gasteiger partial charge in [0.2, 0.25) is 0 Å². The molecular weight excluding hydrogens is 340 g/mol. The maximum Gasteiger partial charge on any atom is 0.343 e. The highest BCUT2D eigenvalue weighted by atomic mass is 16.5. The van der Waals surface area contributed by atoms with Gasteiger partial charge in [-0.25, -0.2) is 4.79 Å². The summed E-state index contributed by atoms with van der Waals surface area (Å²) in [6.07, 6.45) is 3.22. The summed E-state index contributed by atoms with van der Waals surface area (Å²) >= 11 is 0. The monoisotopic (exact) mass is 358 g/mol. The average molecular weight is 358 g/mol. The lowest BCUT2D eigenvalue weighted by Gasteiger charge is -2.04. The molecule has 0 aliphatic rings. The Morgan fingerprint density at radius 1 is 0.741 bits per heavy atom. The summed E-state index contributed by atoms with van der Waals surface area (Å²) in [5.74, 6) is 0.643. The largest absolute Gasteiger partial charge is 0.497 e. The van der Waals surface area contributed by atoms with E-state index < -0.39 is 5.97 Å². The van der Waals surface area contributed by atoms with Gasteiger partial charge in [-0.2, -0.15) is 0 Å². The van der Waals surface area contributed by atoms with Crippen molar-refractivity contribution in [1.82, 2.24) is 0 Å². The molecule has 0 fully saturated rings. The lowest BCUT2D eigenvalue weighted by atomic mass is 10.1. The number of ether oxygens (including phenoxy) is 2. The van der Waals surface area contributed by atoms with Crippen LogP contribution in [0.15, 0.2) is 84.9 Å².